The van der Waals surface area contributed by atoms with Crippen LogP contribution in [-0.4, -0.2) is 4.98 Å². The topological polar surface area (TPSA) is 78.1 Å². The Morgan fingerprint density at radius 1 is 1.12 bits per heavy atom. The average molecular weight is 335 g/mol. The first-order chi connectivity index (χ1) is 11.2. The Kier molecular flexibility index (Phi) is 3.66. The predicted octanol–water partition coefficient (Wildman–Crippen LogP) is 4.55. The fraction of sp³-hybridized carbons (Fsp3) is 0.235. The molecule has 0 saturated heterocycles. The Morgan fingerprint density at radius 3 is 2.46 bits per heavy atom. The lowest BCUT2D eigenvalue weighted by Crippen LogP contribution is -2.09. The van der Waals surface area contributed by atoms with E-state index in [-0.39, 0.29) is 17.1 Å². The molecule has 4 N–H and O–H groups in total. The Balaban J connectivity index is 2.28. The minimum Gasteiger partial charge on any atom is -0.436 e. The summed E-state index contributed by atoms with van der Waals surface area (Å²) in [6.07, 6.45) is -3.88. The summed E-state index contributed by atoms with van der Waals surface area (Å²) in [5.41, 5.74) is 13.1. The molecule has 2 aromatic carbocycles. The molecule has 1 heterocycles. The quantitative estimate of drug-likeness (QED) is 0.674. The zero-order valence-electron chi connectivity index (χ0n) is 13.2. The molecule has 0 radical (unpaired) electrons. The molecule has 3 aromatic rings. The molecular weight excluding hydrogens is 319 g/mol. The number of alkyl halides is 3. The lowest BCUT2D eigenvalue weighted by molar-refractivity contribution is -0.137. The number of aryl methyl sites for hydroxylation is 2. The van der Waals surface area contributed by atoms with Crippen molar-refractivity contribution in [2.75, 3.05) is 11.5 Å². The van der Waals surface area contributed by atoms with Crippen LogP contribution >= 0.6 is 0 Å². The molecule has 0 saturated carbocycles. The largest absolute Gasteiger partial charge is 0.436 e. The van der Waals surface area contributed by atoms with Gasteiger partial charge in [0.15, 0.2) is 5.58 Å². The first-order valence-corrected chi connectivity index (χ1v) is 7.37. The van der Waals surface area contributed by atoms with Crippen molar-refractivity contribution in [1.82, 2.24) is 4.98 Å². The van der Waals surface area contributed by atoms with E-state index in [1.807, 2.05) is 6.92 Å². The molecule has 1 aromatic heterocycles. The van der Waals surface area contributed by atoms with Crippen molar-refractivity contribution in [3.8, 4) is 11.5 Å². The van der Waals surface area contributed by atoms with E-state index in [0.29, 0.717) is 28.8 Å². The summed E-state index contributed by atoms with van der Waals surface area (Å²) < 4.78 is 45.8. The zero-order chi connectivity index (χ0) is 17.6. The summed E-state index contributed by atoms with van der Waals surface area (Å²) in [4.78, 5) is 4.20. The number of hydrogen-bond acceptors (Lipinski definition) is 4. The van der Waals surface area contributed by atoms with E-state index < -0.39 is 11.7 Å². The number of rotatable bonds is 2. The maximum absolute atomic E-state index is 13.4. The van der Waals surface area contributed by atoms with Crippen LogP contribution in [0.5, 0.6) is 0 Å². The molecule has 0 fully saturated rings. The van der Waals surface area contributed by atoms with Crippen molar-refractivity contribution in [3.63, 3.8) is 0 Å². The predicted molar refractivity (Wildman–Crippen MR) is 87.4 cm³/mol. The maximum Gasteiger partial charge on any atom is 0.417 e. The van der Waals surface area contributed by atoms with Gasteiger partial charge in [0.25, 0.3) is 0 Å². The summed E-state index contributed by atoms with van der Waals surface area (Å²) in [5, 5.41) is 0. The highest BCUT2D eigenvalue weighted by atomic mass is 19.4. The van der Waals surface area contributed by atoms with Crippen molar-refractivity contribution in [2.45, 2.75) is 26.4 Å². The van der Waals surface area contributed by atoms with Crippen LogP contribution in [0.25, 0.3) is 22.6 Å². The fourth-order valence-corrected chi connectivity index (χ4v) is 2.77. The maximum atomic E-state index is 13.4. The normalized spacial score (nSPS) is 12.0. The van der Waals surface area contributed by atoms with E-state index in [2.05, 4.69) is 4.98 Å². The van der Waals surface area contributed by atoms with Crippen molar-refractivity contribution < 1.29 is 17.6 Å². The van der Waals surface area contributed by atoms with Gasteiger partial charge in [-0.3, -0.25) is 0 Å². The number of nitrogen functional groups attached to an aromatic ring is 2. The molecule has 0 aliphatic rings. The third-order valence-corrected chi connectivity index (χ3v) is 3.91. The van der Waals surface area contributed by atoms with Crippen LogP contribution in [0.15, 0.2) is 28.7 Å². The first kappa shape index (κ1) is 16.2. The number of nitrogens with zero attached hydrogens (tertiary/aromatic N) is 1. The second kappa shape index (κ2) is 5.43. The molecule has 0 amide bonds. The van der Waals surface area contributed by atoms with Crippen molar-refractivity contribution in [3.05, 3.63) is 41.0 Å². The Morgan fingerprint density at radius 2 is 1.83 bits per heavy atom. The average Bonchev–Trinajstić information content (AvgIpc) is 2.86. The van der Waals surface area contributed by atoms with Gasteiger partial charge in [-0.05, 0) is 48.7 Å². The molecule has 0 atom stereocenters. The molecule has 0 aliphatic heterocycles. The van der Waals surface area contributed by atoms with E-state index in [1.165, 1.54) is 6.07 Å². The molecule has 7 heteroatoms. The first-order valence-electron chi connectivity index (χ1n) is 7.37. The summed E-state index contributed by atoms with van der Waals surface area (Å²) >= 11 is 0. The highest BCUT2D eigenvalue weighted by molar-refractivity contribution is 5.82. The van der Waals surface area contributed by atoms with Gasteiger partial charge in [0, 0.05) is 11.4 Å². The van der Waals surface area contributed by atoms with Crippen LogP contribution in [0.1, 0.15) is 23.6 Å². The molecule has 24 heavy (non-hydrogen) atoms. The van der Waals surface area contributed by atoms with Crippen LogP contribution < -0.4 is 11.5 Å². The number of hydrogen-bond donors (Lipinski definition) is 2. The summed E-state index contributed by atoms with van der Waals surface area (Å²) in [5.74, 6) is -0.0949. The molecule has 0 unspecified atom stereocenters. The van der Waals surface area contributed by atoms with Crippen molar-refractivity contribution in [1.29, 1.82) is 0 Å². The molecule has 0 bridgehead atoms. The number of halogens is 3. The molecule has 0 aliphatic carbocycles. The lowest BCUT2D eigenvalue weighted by Gasteiger charge is -2.14. The van der Waals surface area contributed by atoms with Crippen LogP contribution in [0.4, 0.5) is 24.5 Å². The summed E-state index contributed by atoms with van der Waals surface area (Å²) in [6, 6.07) is 5.68. The van der Waals surface area contributed by atoms with Crippen molar-refractivity contribution in [2.24, 2.45) is 0 Å². The van der Waals surface area contributed by atoms with Crippen LogP contribution in [-0.2, 0) is 12.6 Å². The van der Waals surface area contributed by atoms with Gasteiger partial charge in [-0.25, -0.2) is 4.98 Å². The van der Waals surface area contributed by atoms with E-state index in [9.17, 15) is 13.2 Å². The number of benzene rings is 2. The number of oxazole rings is 1. The smallest absolute Gasteiger partial charge is 0.417 e. The number of nitrogens with two attached hydrogens (primary N) is 2. The zero-order valence-corrected chi connectivity index (χ0v) is 13.2. The number of aromatic nitrogens is 1. The third-order valence-electron chi connectivity index (χ3n) is 3.91. The number of anilines is 2. The summed E-state index contributed by atoms with van der Waals surface area (Å²) in [6.45, 7) is 3.47. The fourth-order valence-electron chi connectivity index (χ4n) is 2.77. The van der Waals surface area contributed by atoms with Crippen LogP contribution in [0, 0.1) is 6.92 Å². The standard InChI is InChI=1S/C17H16F3N3O/c1-3-9-5-14-13(7-12(9)22)23-16(24-14)15-8(2)4-10(21)6-11(15)17(18,19)20/h4-7H,3,21-22H2,1-2H3. The molecule has 126 valence electrons. The third kappa shape index (κ3) is 2.66. The molecule has 0 spiro atoms. The van der Waals surface area contributed by atoms with Crippen LogP contribution in [0.3, 0.4) is 0 Å². The molecule has 4 nitrogen and oxygen atoms in total. The Hall–Kier alpha value is -2.70. The van der Waals surface area contributed by atoms with E-state index in [0.717, 1.165) is 11.6 Å². The van der Waals surface area contributed by atoms with Gasteiger partial charge < -0.3 is 15.9 Å². The van der Waals surface area contributed by atoms with Crippen LogP contribution in [0.2, 0.25) is 0 Å². The van der Waals surface area contributed by atoms with Gasteiger partial charge in [0.2, 0.25) is 5.89 Å². The van der Waals surface area contributed by atoms with Gasteiger partial charge >= 0.3 is 6.18 Å². The van der Waals surface area contributed by atoms with Gasteiger partial charge in [-0.2, -0.15) is 13.2 Å². The highest BCUT2D eigenvalue weighted by Gasteiger charge is 2.36. The highest BCUT2D eigenvalue weighted by Crippen LogP contribution is 2.41. The monoisotopic (exact) mass is 335 g/mol. The van der Waals surface area contributed by atoms with Gasteiger partial charge in [-0.1, -0.05) is 6.92 Å². The Labute approximate surface area is 136 Å². The molecular formula is C17H16F3N3O. The van der Waals surface area contributed by atoms with E-state index >= 15 is 0 Å². The van der Waals surface area contributed by atoms with Gasteiger partial charge in [-0.15, -0.1) is 0 Å². The second-order valence-electron chi connectivity index (χ2n) is 5.65. The van der Waals surface area contributed by atoms with Crippen molar-refractivity contribution >= 4 is 22.5 Å². The van der Waals surface area contributed by atoms with Gasteiger partial charge in [0.05, 0.1) is 11.1 Å². The SMILES string of the molecule is CCc1cc2oc(-c3c(C)cc(N)cc3C(F)(F)F)nc2cc1N. The number of fused-ring (bicyclic) bond motifs is 1. The minimum absolute atomic E-state index is 0.0391. The lowest BCUT2D eigenvalue weighted by atomic mass is 10.0. The Bertz CT molecular complexity index is 929. The molecule has 3 rings (SSSR count). The van der Waals surface area contributed by atoms with Gasteiger partial charge in [0.1, 0.15) is 5.52 Å². The van der Waals surface area contributed by atoms with E-state index in [4.69, 9.17) is 15.9 Å². The second-order valence-corrected chi connectivity index (χ2v) is 5.65. The minimum atomic E-state index is -4.57. The van der Waals surface area contributed by atoms with E-state index in [1.54, 1.807) is 19.1 Å². The summed E-state index contributed by atoms with van der Waals surface area (Å²) in [7, 11) is 0.